The summed E-state index contributed by atoms with van der Waals surface area (Å²) in [6.45, 7) is 6.47. The molecule has 0 spiro atoms. The van der Waals surface area contributed by atoms with Crippen molar-refractivity contribution in [3.05, 3.63) is 12.2 Å². The van der Waals surface area contributed by atoms with Crippen LogP contribution in [0.4, 0.5) is 4.79 Å². The summed E-state index contributed by atoms with van der Waals surface area (Å²) < 4.78 is 0. The maximum atomic E-state index is 11.8. The highest BCUT2D eigenvalue weighted by Crippen LogP contribution is 2.15. The average Bonchev–Trinajstić information content (AvgIpc) is 2.46. The maximum Gasteiger partial charge on any atom is 0.315 e. The van der Waals surface area contributed by atoms with E-state index >= 15 is 0 Å². The monoisotopic (exact) mass is 265 g/mol. The van der Waals surface area contributed by atoms with Gasteiger partial charge in [-0.2, -0.15) is 0 Å². The van der Waals surface area contributed by atoms with Crippen LogP contribution in [-0.2, 0) is 0 Å². The van der Waals surface area contributed by atoms with Crippen molar-refractivity contribution in [2.24, 2.45) is 5.92 Å². The molecule has 0 aromatic rings. The molecule has 0 unspecified atom stereocenters. The summed E-state index contributed by atoms with van der Waals surface area (Å²) in [6, 6.07) is 0.220. The minimum atomic E-state index is -0.00910. The molecule has 2 atom stereocenters. The molecule has 1 aliphatic carbocycles. The van der Waals surface area contributed by atoms with Crippen molar-refractivity contribution < 1.29 is 4.79 Å². The molecule has 1 aliphatic heterocycles. The summed E-state index contributed by atoms with van der Waals surface area (Å²) in [5.41, 5.74) is 0. The van der Waals surface area contributed by atoms with Gasteiger partial charge in [0.2, 0.25) is 0 Å². The summed E-state index contributed by atoms with van der Waals surface area (Å²) in [7, 11) is 0. The van der Waals surface area contributed by atoms with Gasteiger partial charge in [0.1, 0.15) is 0 Å². The molecule has 1 fully saturated rings. The Morgan fingerprint density at radius 1 is 1.37 bits per heavy atom. The molecule has 2 amide bonds. The fourth-order valence-electron chi connectivity index (χ4n) is 2.99. The van der Waals surface area contributed by atoms with Gasteiger partial charge < -0.3 is 15.5 Å². The zero-order valence-corrected chi connectivity index (χ0v) is 12.0. The lowest BCUT2D eigenvalue weighted by atomic mass is 9.98. The highest BCUT2D eigenvalue weighted by Gasteiger charge is 2.19. The Balaban J connectivity index is 1.65. The van der Waals surface area contributed by atoms with Gasteiger partial charge in [0, 0.05) is 19.1 Å². The number of nitrogens with one attached hydrogen (secondary N) is 2. The second-order valence-corrected chi connectivity index (χ2v) is 5.72. The number of hydrogen-bond donors (Lipinski definition) is 2. The molecule has 0 aromatic carbocycles. The van der Waals surface area contributed by atoms with E-state index in [1.807, 2.05) is 0 Å². The molecule has 108 valence electrons. The van der Waals surface area contributed by atoms with Crippen LogP contribution in [0.2, 0.25) is 0 Å². The summed E-state index contributed by atoms with van der Waals surface area (Å²) in [5.74, 6) is 0.612. The highest BCUT2D eigenvalue weighted by molar-refractivity contribution is 5.74. The van der Waals surface area contributed by atoms with E-state index in [2.05, 4.69) is 34.6 Å². The van der Waals surface area contributed by atoms with E-state index in [0.717, 1.165) is 32.5 Å². The number of urea groups is 1. The zero-order valence-electron chi connectivity index (χ0n) is 12.0. The minimum absolute atomic E-state index is 0.00910. The first-order valence-corrected chi connectivity index (χ1v) is 7.71. The summed E-state index contributed by atoms with van der Waals surface area (Å²) in [5, 5.41) is 6.07. The van der Waals surface area contributed by atoms with Crippen LogP contribution in [0.1, 0.15) is 39.0 Å². The van der Waals surface area contributed by atoms with Crippen molar-refractivity contribution in [3.63, 3.8) is 0 Å². The molecule has 2 aliphatic rings. The van der Waals surface area contributed by atoms with Crippen molar-refractivity contribution >= 4 is 6.03 Å². The van der Waals surface area contributed by atoms with Crippen LogP contribution in [0.5, 0.6) is 0 Å². The second kappa shape index (κ2) is 7.53. The molecule has 4 nitrogen and oxygen atoms in total. The summed E-state index contributed by atoms with van der Waals surface area (Å²) in [6.07, 6.45) is 10.2. The summed E-state index contributed by atoms with van der Waals surface area (Å²) >= 11 is 0. The van der Waals surface area contributed by atoms with Gasteiger partial charge >= 0.3 is 6.03 Å². The molecular formula is C15H27N3O. The molecule has 0 radical (unpaired) electrons. The Morgan fingerprint density at radius 3 is 3.00 bits per heavy atom. The van der Waals surface area contributed by atoms with Gasteiger partial charge in [-0.05, 0) is 51.1 Å². The molecule has 1 heterocycles. The number of piperidine rings is 1. The van der Waals surface area contributed by atoms with Crippen molar-refractivity contribution in [3.8, 4) is 0 Å². The van der Waals surface area contributed by atoms with Crippen LogP contribution in [0, 0.1) is 5.92 Å². The zero-order chi connectivity index (χ0) is 13.5. The van der Waals surface area contributed by atoms with E-state index in [1.54, 1.807) is 0 Å². The van der Waals surface area contributed by atoms with E-state index in [-0.39, 0.29) is 12.1 Å². The molecule has 0 bridgehead atoms. The standard InChI is InChI=1S/C15H27N3O/c1-2-18-10-6-7-13(12-18)11-16-15(19)17-14-8-4-3-5-9-14/h4,8,13-14H,2-3,5-7,9-12H2,1H3,(H2,16,17,19)/t13-,14+/m0/s1. The number of allylic oxidation sites excluding steroid dienone is 1. The first-order valence-electron chi connectivity index (χ1n) is 7.71. The number of carbonyl (C=O) groups is 1. The molecule has 0 aromatic heterocycles. The predicted molar refractivity (Wildman–Crippen MR) is 78.2 cm³/mol. The number of carbonyl (C=O) groups excluding carboxylic acids is 1. The highest BCUT2D eigenvalue weighted by atomic mass is 16.2. The first-order chi connectivity index (χ1) is 9.28. The van der Waals surface area contributed by atoms with E-state index in [0.29, 0.717) is 5.92 Å². The number of hydrogen-bond acceptors (Lipinski definition) is 2. The first kappa shape index (κ1) is 14.4. The SMILES string of the molecule is CCN1CCC[C@@H](CNC(=O)N[C@@H]2C=CCCC2)C1. The Hall–Kier alpha value is -1.03. The topological polar surface area (TPSA) is 44.4 Å². The lowest BCUT2D eigenvalue weighted by Gasteiger charge is -2.32. The van der Waals surface area contributed by atoms with Crippen molar-refractivity contribution in [2.45, 2.75) is 45.1 Å². The fourth-order valence-corrected chi connectivity index (χ4v) is 2.99. The number of amides is 2. The Bertz CT molecular complexity index is 317. The normalized spacial score (nSPS) is 28.1. The van der Waals surface area contributed by atoms with Gasteiger partial charge in [-0.1, -0.05) is 19.1 Å². The smallest absolute Gasteiger partial charge is 0.315 e. The van der Waals surface area contributed by atoms with Crippen molar-refractivity contribution in [2.75, 3.05) is 26.2 Å². The lowest BCUT2D eigenvalue weighted by Crippen LogP contribution is -2.46. The fraction of sp³-hybridized carbons (Fsp3) is 0.800. The number of nitrogens with zero attached hydrogens (tertiary/aromatic N) is 1. The van der Waals surface area contributed by atoms with Gasteiger partial charge in [0.15, 0.2) is 0 Å². The average molecular weight is 265 g/mol. The van der Waals surface area contributed by atoms with Crippen LogP contribution >= 0.6 is 0 Å². The van der Waals surface area contributed by atoms with E-state index in [4.69, 9.17) is 0 Å². The molecule has 0 saturated carbocycles. The quantitative estimate of drug-likeness (QED) is 0.765. The Morgan fingerprint density at radius 2 is 2.26 bits per heavy atom. The molecule has 19 heavy (non-hydrogen) atoms. The van der Waals surface area contributed by atoms with Crippen LogP contribution in [-0.4, -0.2) is 43.2 Å². The van der Waals surface area contributed by atoms with Crippen molar-refractivity contribution in [1.29, 1.82) is 0 Å². The predicted octanol–water partition coefficient (Wildman–Crippen LogP) is 2.13. The van der Waals surface area contributed by atoms with Gasteiger partial charge in [-0.25, -0.2) is 4.79 Å². The third-order valence-electron chi connectivity index (χ3n) is 4.17. The third-order valence-corrected chi connectivity index (χ3v) is 4.17. The van der Waals surface area contributed by atoms with Gasteiger partial charge in [-0.3, -0.25) is 0 Å². The summed E-state index contributed by atoms with van der Waals surface area (Å²) in [4.78, 5) is 14.3. The molecule has 2 N–H and O–H groups in total. The van der Waals surface area contributed by atoms with Gasteiger partial charge in [0.25, 0.3) is 0 Å². The van der Waals surface area contributed by atoms with Crippen LogP contribution in [0.3, 0.4) is 0 Å². The Labute approximate surface area is 116 Å². The van der Waals surface area contributed by atoms with Crippen LogP contribution in [0.25, 0.3) is 0 Å². The minimum Gasteiger partial charge on any atom is -0.338 e. The van der Waals surface area contributed by atoms with E-state index in [1.165, 1.54) is 25.8 Å². The van der Waals surface area contributed by atoms with Crippen LogP contribution < -0.4 is 10.6 Å². The molecule has 4 heteroatoms. The van der Waals surface area contributed by atoms with Crippen LogP contribution in [0.15, 0.2) is 12.2 Å². The largest absolute Gasteiger partial charge is 0.338 e. The number of likely N-dealkylation sites (tertiary alicyclic amines) is 1. The number of rotatable bonds is 4. The van der Waals surface area contributed by atoms with E-state index < -0.39 is 0 Å². The molecule has 2 rings (SSSR count). The van der Waals surface area contributed by atoms with Gasteiger partial charge in [-0.15, -0.1) is 0 Å². The van der Waals surface area contributed by atoms with Crippen molar-refractivity contribution in [1.82, 2.24) is 15.5 Å². The molecular weight excluding hydrogens is 238 g/mol. The third kappa shape index (κ3) is 4.86. The van der Waals surface area contributed by atoms with E-state index in [9.17, 15) is 4.79 Å². The lowest BCUT2D eigenvalue weighted by molar-refractivity contribution is 0.179. The van der Waals surface area contributed by atoms with Gasteiger partial charge in [0.05, 0.1) is 0 Å². The second-order valence-electron chi connectivity index (χ2n) is 5.72. The maximum absolute atomic E-state index is 11.8. The molecule has 1 saturated heterocycles. The Kier molecular flexibility index (Phi) is 5.70.